The molecule has 9 nitrogen and oxygen atoms in total. The van der Waals surface area contributed by atoms with E-state index in [-0.39, 0.29) is 12.0 Å². The topological polar surface area (TPSA) is 109 Å². The average Bonchev–Trinajstić information content (AvgIpc) is 3.40. The molecule has 11 heteroatoms. The summed E-state index contributed by atoms with van der Waals surface area (Å²) in [6.45, 7) is 1.24. The van der Waals surface area contributed by atoms with Crippen LogP contribution in [0.2, 0.25) is 0 Å². The van der Waals surface area contributed by atoms with Crippen molar-refractivity contribution in [1.82, 2.24) is 34.9 Å². The molecule has 30 heavy (non-hydrogen) atoms. The highest BCUT2D eigenvalue weighted by Crippen LogP contribution is 2.27. The summed E-state index contributed by atoms with van der Waals surface area (Å²) in [6, 6.07) is 6.95. The second-order valence-corrected chi connectivity index (χ2v) is 7.09. The average molecular weight is 413 g/mol. The number of nitrogens with zero attached hydrogens (tertiary/aromatic N) is 6. The lowest BCUT2D eigenvalue weighted by atomic mass is 10.0. The minimum atomic E-state index is -2.69. The Hall–Kier alpha value is -3.63. The van der Waals surface area contributed by atoms with Gasteiger partial charge in [0.2, 0.25) is 11.9 Å². The molecule has 0 spiro atoms. The molecular weight excluding hydrogens is 392 g/mol. The standard InChI is InChI=1S/C19H21F2N9/c1-10(2)15(13-6-7-30(29-13)17(20)21)24-19-26-16(25-18(22-3)27-19)11-4-5-12-9-23-28-14(12)8-11/h4-10,15,17H,1-3H3,(H,23,28)(H2,22,24,25,26,27). The van der Waals surface area contributed by atoms with E-state index in [0.717, 1.165) is 16.5 Å². The van der Waals surface area contributed by atoms with Crippen LogP contribution in [-0.4, -0.2) is 42.0 Å². The van der Waals surface area contributed by atoms with Gasteiger partial charge in [0.1, 0.15) is 0 Å². The number of alkyl halides is 2. The van der Waals surface area contributed by atoms with E-state index in [1.807, 2.05) is 32.0 Å². The van der Waals surface area contributed by atoms with Gasteiger partial charge in [-0.3, -0.25) is 5.10 Å². The van der Waals surface area contributed by atoms with E-state index in [4.69, 9.17) is 0 Å². The number of hydrogen-bond donors (Lipinski definition) is 3. The minimum Gasteiger partial charge on any atom is -0.357 e. The molecule has 3 heterocycles. The van der Waals surface area contributed by atoms with Crippen LogP contribution in [0.4, 0.5) is 20.7 Å². The number of nitrogens with one attached hydrogen (secondary N) is 3. The predicted molar refractivity (Wildman–Crippen MR) is 109 cm³/mol. The van der Waals surface area contributed by atoms with Gasteiger partial charge in [-0.15, -0.1) is 0 Å². The Kier molecular flexibility index (Phi) is 5.25. The third kappa shape index (κ3) is 3.91. The van der Waals surface area contributed by atoms with Crippen molar-refractivity contribution < 1.29 is 8.78 Å². The van der Waals surface area contributed by atoms with Gasteiger partial charge in [0.25, 0.3) is 0 Å². The largest absolute Gasteiger partial charge is 0.357 e. The van der Waals surface area contributed by atoms with Gasteiger partial charge in [0.05, 0.1) is 23.4 Å². The SMILES string of the molecule is CNc1nc(NC(c2ccn(C(F)F)n2)C(C)C)nc(-c2ccc3cn[nH]c3c2)n1. The van der Waals surface area contributed by atoms with Gasteiger partial charge in [-0.2, -0.15) is 33.9 Å². The van der Waals surface area contributed by atoms with E-state index in [1.54, 1.807) is 19.3 Å². The highest BCUT2D eigenvalue weighted by Gasteiger charge is 2.22. The van der Waals surface area contributed by atoms with E-state index in [1.165, 1.54) is 6.20 Å². The van der Waals surface area contributed by atoms with Crippen molar-refractivity contribution in [2.24, 2.45) is 5.92 Å². The van der Waals surface area contributed by atoms with Crippen LogP contribution in [0.5, 0.6) is 0 Å². The second kappa shape index (κ2) is 8.01. The molecule has 1 atom stereocenters. The van der Waals surface area contributed by atoms with Crippen LogP contribution in [0.15, 0.2) is 36.7 Å². The normalized spacial score (nSPS) is 12.6. The molecule has 1 aromatic carbocycles. The molecule has 3 N–H and O–H groups in total. The summed E-state index contributed by atoms with van der Waals surface area (Å²) in [4.78, 5) is 13.4. The molecule has 0 fully saturated rings. The van der Waals surface area contributed by atoms with Gasteiger partial charge < -0.3 is 10.6 Å². The zero-order valence-corrected chi connectivity index (χ0v) is 16.6. The molecule has 156 valence electrons. The lowest BCUT2D eigenvalue weighted by Crippen LogP contribution is -2.20. The van der Waals surface area contributed by atoms with Gasteiger partial charge >= 0.3 is 6.55 Å². The third-order valence-corrected chi connectivity index (χ3v) is 4.66. The number of halogens is 2. The highest BCUT2D eigenvalue weighted by atomic mass is 19.3. The van der Waals surface area contributed by atoms with E-state index < -0.39 is 6.55 Å². The number of anilines is 2. The van der Waals surface area contributed by atoms with E-state index in [2.05, 4.69) is 40.9 Å². The Labute approximate surface area is 171 Å². The third-order valence-electron chi connectivity index (χ3n) is 4.66. The fraction of sp³-hybridized carbons (Fsp3) is 0.316. The van der Waals surface area contributed by atoms with Gasteiger partial charge in [-0.1, -0.05) is 26.0 Å². The van der Waals surface area contributed by atoms with E-state index in [9.17, 15) is 8.78 Å². The first-order valence-corrected chi connectivity index (χ1v) is 9.41. The van der Waals surface area contributed by atoms with Gasteiger partial charge in [0.15, 0.2) is 5.82 Å². The van der Waals surface area contributed by atoms with Gasteiger partial charge in [-0.05, 0) is 18.1 Å². The minimum absolute atomic E-state index is 0.0469. The number of aromatic nitrogens is 7. The summed E-state index contributed by atoms with van der Waals surface area (Å²) < 4.78 is 26.5. The summed E-state index contributed by atoms with van der Waals surface area (Å²) >= 11 is 0. The maximum Gasteiger partial charge on any atom is 0.333 e. The summed E-state index contributed by atoms with van der Waals surface area (Å²) in [5.74, 6) is 1.21. The molecule has 0 bridgehead atoms. The Morgan fingerprint density at radius 3 is 2.57 bits per heavy atom. The molecule has 0 amide bonds. The highest BCUT2D eigenvalue weighted by molar-refractivity contribution is 5.82. The molecule has 0 radical (unpaired) electrons. The van der Waals surface area contributed by atoms with Crippen LogP contribution >= 0.6 is 0 Å². The van der Waals surface area contributed by atoms with Gasteiger partial charge in [-0.25, -0.2) is 4.68 Å². The second-order valence-electron chi connectivity index (χ2n) is 7.09. The van der Waals surface area contributed by atoms with Crippen molar-refractivity contribution in [3.63, 3.8) is 0 Å². The fourth-order valence-electron chi connectivity index (χ4n) is 3.11. The van der Waals surface area contributed by atoms with Crippen LogP contribution in [0.25, 0.3) is 22.3 Å². The Morgan fingerprint density at radius 2 is 1.87 bits per heavy atom. The number of fused-ring (bicyclic) bond motifs is 1. The molecular formula is C19H21F2N9. The smallest absolute Gasteiger partial charge is 0.333 e. The van der Waals surface area contributed by atoms with E-state index >= 15 is 0 Å². The first kappa shape index (κ1) is 19.7. The number of rotatable bonds is 7. The molecule has 1 unspecified atom stereocenters. The van der Waals surface area contributed by atoms with Crippen molar-refractivity contribution in [1.29, 1.82) is 0 Å². The summed E-state index contributed by atoms with van der Waals surface area (Å²) in [6.07, 6.45) is 3.00. The number of aromatic amines is 1. The van der Waals surface area contributed by atoms with Crippen molar-refractivity contribution in [3.05, 3.63) is 42.4 Å². The zero-order chi connectivity index (χ0) is 21.3. The van der Waals surface area contributed by atoms with Crippen LogP contribution in [-0.2, 0) is 0 Å². The molecule has 0 aliphatic heterocycles. The van der Waals surface area contributed by atoms with Crippen LogP contribution in [0, 0.1) is 5.92 Å². The Bertz CT molecular complexity index is 1150. The van der Waals surface area contributed by atoms with Crippen LogP contribution in [0.1, 0.15) is 32.1 Å². The maximum absolute atomic E-state index is 12.9. The van der Waals surface area contributed by atoms with Gasteiger partial charge in [0, 0.05) is 24.2 Å². The van der Waals surface area contributed by atoms with Crippen molar-refractivity contribution >= 4 is 22.8 Å². The van der Waals surface area contributed by atoms with Crippen molar-refractivity contribution in [2.45, 2.75) is 26.4 Å². The number of benzene rings is 1. The fourth-order valence-corrected chi connectivity index (χ4v) is 3.11. The molecule has 4 aromatic rings. The Morgan fingerprint density at radius 1 is 1.07 bits per heavy atom. The number of H-pyrrole nitrogens is 1. The maximum atomic E-state index is 12.9. The lowest BCUT2D eigenvalue weighted by molar-refractivity contribution is 0.0559. The summed E-state index contributed by atoms with van der Waals surface area (Å²) in [5, 5.41) is 18.1. The molecule has 0 aliphatic rings. The number of hydrogen-bond acceptors (Lipinski definition) is 7. The van der Waals surface area contributed by atoms with E-state index in [0.29, 0.717) is 28.1 Å². The summed E-state index contributed by atoms with van der Waals surface area (Å²) in [7, 11) is 1.71. The van der Waals surface area contributed by atoms with Crippen molar-refractivity contribution in [2.75, 3.05) is 17.7 Å². The first-order valence-electron chi connectivity index (χ1n) is 9.41. The predicted octanol–water partition coefficient (Wildman–Crippen LogP) is 3.86. The molecule has 0 aliphatic carbocycles. The van der Waals surface area contributed by atoms with Crippen LogP contribution < -0.4 is 10.6 Å². The lowest BCUT2D eigenvalue weighted by Gasteiger charge is -2.21. The Balaban J connectivity index is 1.69. The molecule has 4 rings (SSSR count). The monoisotopic (exact) mass is 413 g/mol. The van der Waals surface area contributed by atoms with Crippen LogP contribution in [0.3, 0.4) is 0 Å². The quantitative estimate of drug-likeness (QED) is 0.422. The zero-order valence-electron chi connectivity index (χ0n) is 16.6. The summed E-state index contributed by atoms with van der Waals surface area (Å²) in [5.41, 5.74) is 2.14. The molecule has 3 aromatic heterocycles. The van der Waals surface area contributed by atoms with Crippen molar-refractivity contribution in [3.8, 4) is 11.4 Å². The molecule has 0 saturated heterocycles. The first-order chi connectivity index (χ1) is 14.4. The molecule has 0 saturated carbocycles.